The van der Waals surface area contributed by atoms with Crippen LogP contribution in [0.15, 0.2) is 41.3 Å². The van der Waals surface area contributed by atoms with Crippen LogP contribution in [0, 0.1) is 6.92 Å². The maximum Gasteiger partial charge on any atom is 0.352 e. The smallest absolute Gasteiger partial charge is 0.352 e. The van der Waals surface area contributed by atoms with E-state index in [1.807, 2.05) is 49.0 Å². The van der Waals surface area contributed by atoms with Gasteiger partial charge in [0.05, 0.1) is 0 Å². The molecule has 1 aromatic carbocycles. The number of amides is 1. The van der Waals surface area contributed by atoms with E-state index in [1.54, 1.807) is 6.20 Å². The van der Waals surface area contributed by atoms with Crippen LogP contribution in [0.3, 0.4) is 0 Å². The van der Waals surface area contributed by atoms with Crippen LogP contribution < -0.4 is 15.9 Å². The van der Waals surface area contributed by atoms with Gasteiger partial charge in [0.1, 0.15) is 12.4 Å². The molecule has 1 fully saturated rings. The molecular formula is C18H20N6O2S. The molecule has 3 heterocycles. The molecule has 140 valence electrons. The van der Waals surface area contributed by atoms with Gasteiger partial charge in [-0.2, -0.15) is 16.7 Å². The van der Waals surface area contributed by atoms with E-state index in [9.17, 15) is 9.59 Å². The average Bonchev–Trinajstić information content (AvgIpc) is 2.99. The summed E-state index contributed by atoms with van der Waals surface area (Å²) in [6, 6.07) is 9.30. The summed E-state index contributed by atoms with van der Waals surface area (Å²) in [7, 11) is 0. The first kappa shape index (κ1) is 17.6. The summed E-state index contributed by atoms with van der Waals surface area (Å²) < 4.78 is 2.50. The monoisotopic (exact) mass is 384 g/mol. The van der Waals surface area contributed by atoms with Gasteiger partial charge in [-0.05, 0) is 25.1 Å². The Bertz CT molecular complexity index is 1020. The predicted molar refractivity (Wildman–Crippen MR) is 107 cm³/mol. The van der Waals surface area contributed by atoms with Crippen LogP contribution in [0.4, 0.5) is 11.5 Å². The lowest BCUT2D eigenvalue weighted by Gasteiger charge is -2.27. The Morgan fingerprint density at radius 2 is 1.93 bits per heavy atom. The van der Waals surface area contributed by atoms with Crippen molar-refractivity contribution >= 4 is 35.0 Å². The van der Waals surface area contributed by atoms with Gasteiger partial charge in [-0.3, -0.25) is 4.79 Å². The normalized spacial score (nSPS) is 14.5. The number of aromatic nitrogens is 4. The number of hydrogen-bond donors (Lipinski definition) is 1. The molecule has 0 radical (unpaired) electrons. The maximum atomic E-state index is 12.5. The molecule has 4 rings (SSSR count). The molecule has 3 aromatic rings. The third-order valence-corrected chi connectivity index (χ3v) is 5.35. The summed E-state index contributed by atoms with van der Waals surface area (Å²) in [5, 5.41) is 7.00. The summed E-state index contributed by atoms with van der Waals surface area (Å²) in [4.78, 5) is 31.4. The largest absolute Gasteiger partial charge is 0.355 e. The highest BCUT2D eigenvalue weighted by molar-refractivity contribution is 7.99. The van der Waals surface area contributed by atoms with E-state index in [4.69, 9.17) is 0 Å². The Balaban J connectivity index is 1.53. The van der Waals surface area contributed by atoms with Crippen LogP contribution in [-0.4, -0.2) is 49.7 Å². The molecular weight excluding hydrogens is 364 g/mol. The fourth-order valence-corrected chi connectivity index (χ4v) is 3.84. The SMILES string of the molecule is Cc1ccc(NC(=O)Cn2nc3nc(N4CCSCC4)ccn3c2=O)cc1. The van der Waals surface area contributed by atoms with Gasteiger partial charge in [-0.1, -0.05) is 17.7 Å². The summed E-state index contributed by atoms with van der Waals surface area (Å²) >= 11 is 1.92. The lowest BCUT2D eigenvalue weighted by Crippen LogP contribution is -2.33. The third kappa shape index (κ3) is 3.82. The van der Waals surface area contributed by atoms with Crippen molar-refractivity contribution in [3.05, 3.63) is 52.6 Å². The molecule has 9 heteroatoms. The molecule has 0 spiro atoms. The van der Waals surface area contributed by atoms with Crippen molar-refractivity contribution in [1.29, 1.82) is 0 Å². The summed E-state index contributed by atoms with van der Waals surface area (Å²) in [6.45, 7) is 3.67. The Hall–Kier alpha value is -2.81. The Morgan fingerprint density at radius 1 is 1.19 bits per heavy atom. The van der Waals surface area contributed by atoms with Gasteiger partial charge in [0.2, 0.25) is 5.91 Å². The summed E-state index contributed by atoms with van der Waals surface area (Å²) in [6.07, 6.45) is 1.67. The molecule has 27 heavy (non-hydrogen) atoms. The van der Waals surface area contributed by atoms with Gasteiger partial charge < -0.3 is 10.2 Å². The lowest BCUT2D eigenvalue weighted by atomic mass is 10.2. The molecule has 1 N–H and O–H groups in total. The highest BCUT2D eigenvalue weighted by Gasteiger charge is 2.16. The van der Waals surface area contributed by atoms with Crippen LogP contribution in [0.2, 0.25) is 0 Å². The minimum absolute atomic E-state index is 0.161. The topological polar surface area (TPSA) is 84.5 Å². The number of nitrogens with one attached hydrogen (secondary N) is 1. The molecule has 0 saturated carbocycles. The van der Waals surface area contributed by atoms with E-state index >= 15 is 0 Å². The third-order valence-electron chi connectivity index (χ3n) is 4.40. The lowest BCUT2D eigenvalue weighted by molar-refractivity contribution is -0.117. The summed E-state index contributed by atoms with van der Waals surface area (Å²) in [5.74, 6) is 2.93. The van der Waals surface area contributed by atoms with Crippen molar-refractivity contribution in [3.63, 3.8) is 0 Å². The Kier molecular flexibility index (Phi) is 4.85. The zero-order valence-corrected chi connectivity index (χ0v) is 15.8. The molecule has 0 bridgehead atoms. The fourth-order valence-electron chi connectivity index (χ4n) is 2.94. The fraction of sp³-hybridized carbons (Fsp3) is 0.333. The van der Waals surface area contributed by atoms with Crippen molar-refractivity contribution in [2.45, 2.75) is 13.5 Å². The van der Waals surface area contributed by atoms with E-state index in [-0.39, 0.29) is 18.1 Å². The molecule has 1 saturated heterocycles. The number of aryl methyl sites for hydroxylation is 1. The van der Waals surface area contributed by atoms with Gasteiger partial charge >= 0.3 is 5.69 Å². The van der Waals surface area contributed by atoms with Crippen LogP contribution in [0.1, 0.15) is 5.56 Å². The number of carbonyl (C=O) groups is 1. The van der Waals surface area contributed by atoms with Gasteiger partial charge in [-0.15, -0.1) is 5.10 Å². The molecule has 8 nitrogen and oxygen atoms in total. The van der Waals surface area contributed by atoms with Gasteiger partial charge in [0.15, 0.2) is 0 Å². The maximum absolute atomic E-state index is 12.5. The van der Waals surface area contributed by atoms with E-state index in [0.29, 0.717) is 11.5 Å². The first-order chi connectivity index (χ1) is 13.1. The van der Waals surface area contributed by atoms with Crippen molar-refractivity contribution < 1.29 is 4.79 Å². The van der Waals surface area contributed by atoms with E-state index in [0.717, 1.165) is 40.7 Å². The highest BCUT2D eigenvalue weighted by Crippen LogP contribution is 2.17. The second-order valence-electron chi connectivity index (χ2n) is 6.41. The number of thioether (sulfide) groups is 1. The van der Waals surface area contributed by atoms with Crippen LogP contribution >= 0.6 is 11.8 Å². The van der Waals surface area contributed by atoms with Gasteiger partial charge in [0.25, 0.3) is 5.78 Å². The Labute approximate surface area is 160 Å². The number of rotatable bonds is 4. The minimum atomic E-state index is -0.377. The van der Waals surface area contributed by atoms with Gasteiger partial charge in [0, 0.05) is 36.5 Å². The van der Waals surface area contributed by atoms with Crippen molar-refractivity contribution in [2.75, 3.05) is 34.8 Å². The molecule has 1 aliphatic heterocycles. The number of hydrogen-bond acceptors (Lipinski definition) is 6. The van der Waals surface area contributed by atoms with Crippen molar-refractivity contribution in [2.24, 2.45) is 0 Å². The second kappa shape index (κ2) is 7.43. The number of anilines is 2. The second-order valence-corrected chi connectivity index (χ2v) is 7.63. The first-order valence-electron chi connectivity index (χ1n) is 8.75. The average molecular weight is 384 g/mol. The van der Waals surface area contributed by atoms with Crippen LogP contribution in [0.25, 0.3) is 5.78 Å². The van der Waals surface area contributed by atoms with E-state index < -0.39 is 0 Å². The van der Waals surface area contributed by atoms with Crippen LogP contribution in [-0.2, 0) is 11.3 Å². The van der Waals surface area contributed by atoms with Crippen LogP contribution in [0.5, 0.6) is 0 Å². The molecule has 0 unspecified atom stereocenters. The standard InChI is InChI=1S/C18H20N6O2S/c1-13-2-4-14(5-3-13)19-16(25)12-24-18(26)23-7-6-15(20-17(23)21-24)22-8-10-27-11-9-22/h2-7H,8-12H2,1H3,(H,19,25). The zero-order valence-electron chi connectivity index (χ0n) is 15.0. The number of nitrogens with zero attached hydrogens (tertiary/aromatic N) is 5. The van der Waals surface area contributed by atoms with Gasteiger partial charge in [-0.25, -0.2) is 13.9 Å². The predicted octanol–water partition coefficient (Wildman–Crippen LogP) is 1.39. The number of carbonyl (C=O) groups excluding carboxylic acids is 1. The molecule has 1 aliphatic rings. The molecule has 2 aromatic heterocycles. The Morgan fingerprint density at radius 3 is 2.67 bits per heavy atom. The zero-order chi connectivity index (χ0) is 18.8. The first-order valence-corrected chi connectivity index (χ1v) is 9.91. The molecule has 0 atom stereocenters. The quantitative estimate of drug-likeness (QED) is 0.732. The van der Waals surface area contributed by atoms with Crippen molar-refractivity contribution in [1.82, 2.24) is 19.2 Å². The number of benzene rings is 1. The van der Waals surface area contributed by atoms with E-state index in [2.05, 4.69) is 20.3 Å². The van der Waals surface area contributed by atoms with Crippen molar-refractivity contribution in [3.8, 4) is 0 Å². The summed E-state index contributed by atoms with van der Waals surface area (Å²) in [5.41, 5.74) is 1.42. The molecule has 0 aliphatic carbocycles. The number of fused-ring (bicyclic) bond motifs is 1. The minimum Gasteiger partial charge on any atom is -0.355 e. The highest BCUT2D eigenvalue weighted by atomic mass is 32.2. The molecule has 1 amide bonds. The van der Waals surface area contributed by atoms with E-state index in [1.165, 1.54) is 4.40 Å².